The molecule has 0 saturated heterocycles. The van der Waals surface area contributed by atoms with Crippen LogP contribution in [0.5, 0.6) is 0 Å². The zero-order chi connectivity index (χ0) is 10.7. The fraction of sp³-hybridized carbons (Fsp3) is 0.556. The molecule has 5 nitrogen and oxygen atoms in total. The highest BCUT2D eigenvalue weighted by Crippen LogP contribution is 2.20. The molecule has 0 radical (unpaired) electrons. The van der Waals surface area contributed by atoms with Crippen molar-refractivity contribution < 1.29 is 14.6 Å². The first-order chi connectivity index (χ1) is 6.57. The van der Waals surface area contributed by atoms with Gasteiger partial charge >= 0.3 is 5.97 Å². The highest BCUT2D eigenvalue weighted by atomic mass is 16.5. The van der Waals surface area contributed by atoms with Crippen LogP contribution in [-0.4, -0.2) is 27.5 Å². The van der Waals surface area contributed by atoms with Crippen molar-refractivity contribution >= 4 is 5.97 Å². The summed E-state index contributed by atoms with van der Waals surface area (Å²) in [5.41, 5.74) is 1.42. The Bertz CT molecular complexity index is 333. The second kappa shape index (κ2) is 4.23. The summed E-state index contributed by atoms with van der Waals surface area (Å²) >= 11 is 0. The maximum Gasteiger partial charge on any atom is 0.337 e. The number of carbonyl (C=O) groups is 1. The minimum absolute atomic E-state index is 0.366. The molecule has 1 aromatic heterocycles. The van der Waals surface area contributed by atoms with Crippen molar-refractivity contribution in [3.63, 3.8) is 0 Å². The molecule has 0 amide bonds. The quantitative estimate of drug-likeness (QED) is 0.780. The van der Waals surface area contributed by atoms with E-state index in [0.29, 0.717) is 12.2 Å². The summed E-state index contributed by atoms with van der Waals surface area (Å²) in [5, 5.41) is 12.9. The molecule has 0 fully saturated rings. The number of hydrogen-bond donors (Lipinski definition) is 1. The van der Waals surface area contributed by atoms with Crippen LogP contribution in [0.2, 0.25) is 0 Å². The third-order valence-electron chi connectivity index (χ3n) is 2.11. The second-order valence-corrected chi connectivity index (χ2v) is 2.98. The van der Waals surface area contributed by atoms with Gasteiger partial charge in [0.05, 0.1) is 6.20 Å². The molecule has 0 aliphatic heterocycles. The smallest absolute Gasteiger partial charge is 0.337 e. The van der Waals surface area contributed by atoms with Gasteiger partial charge in [0.25, 0.3) is 0 Å². The van der Waals surface area contributed by atoms with E-state index in [1.807, 2.05) is 6.92 Å². The van der Waals surface area contributed by atoms with E-state index < -0.39 is 12.1 Å². The van der Waals surface area contributed by atoms with E-state index in [4.69, 9.17) is 9.84 Å². The lowest BCUT2D eigenvalue weighted by molar-refractivity contribution is -0.150. The lowest BCUT2D eigenvalue weighted by Gasteiger charge is -2.11. The Kier molecular flexibility index (Phi) is 3.24. The van der Waals surface area contributed by atoms with Crippen molar-refractivity contribution in [1.29, 1.82) is 0 Å². The van der Waals surface area contributed by atoms with Gasteiger partial charge in [-0.1, -0.05) is 0 Å². The maximum absolute atomic E-state index is 10.9. The summed E-state index contributed by atoms with van der Waals surface area (Å²) in [4.78, 5) is 10.9. The highest BCUT2D eigenvalue weighted by molar-refractivity contribution is 5.74. The summed E-state index contributed by atoms with van der Waals surface area (Å²) in [6, 6.07) is 0. The third-order valence-corrected chi connectivity index (χ3v) is 2.11. The minimum Gasteiger partial charge on any atom is -0.479 e. The molecule has 1 heterocycles. The Morgan fingerprint density at radius 2 is 2.43 bits per heavy atom. The molecule has 1 N–H and O–H groups in total. The summed E-state index contributed by atoms with van der Waals surface area (Å²) in [5.74, 6) is -0.983. The molecular weight excluding hydrogens is 184 g/mol. The van der Waals surface area contributed by atoms with Gasteiger partial charge in [0, 0.05) is 24.9 Å². The molecule has 78 valence electrons. The molecule has 1 unspecified atom stereocenters. The van der Waals surface area contributed by atoms with Crippen molar-refractivity contribution in [2.45, 2.75) is 20.0 Å². The Hall–Kier alpha value is -1.36. The van der Waals surface area contributed by atoms with Crippen molar-refractivity contribution in [2.24, 2.45) is 7.05 Å². The first-order valence-electron chi connectivity index (χ1n) is 4.40. The van der Waals surface area contributed by atoms with Crippen molar-refractivity contribution in [1.82, 2.24) is 9.78 Å². The average molecular weight is 198 g/mol. The zero-order valence-corrected chi connectivity index (χ0v) is 8.52. The summed E-state index contributed by atoms with van der Waals surface area (Å²) in [6.45, 7) is 3.95. The van der Waals surface area contributed by atoms with E-state index in [9.17, 15) is 4.79 Å². The summed E-state index contributed by atoms with van der Waals surface area (Å²) in [7, 11) is 1.77. The molecule has 14 heavy (non-hydrogen) atoms. The van der Waals surface area contributed by atoms with Gasteiger partial charge < -0.3 is 9.84 Å². The van der Waals surface area contributed by atoms with E-state index in [0.717, 1.165) is 5.69 Å². The number of carboxylic acids is 1. The topological polar surface area (TPSA) is 64.3 Å². The van der Waals surface area contributed by atoms with E-state index in [-0.39, 0.29) is 0 Å². The summed E-state index contributed by atoms with van der Waals surface area (Å²) in [6.07, 6.45) is 0.623. The van der Waals surface area contributed by atoms with Crippen LogP contribution in [0.1, 0.15) is 24.3 Å². The Balaban J connectivity index is 2.99. The Labute approximate surface area is 82.3 Å². The molecular formula is C9H14N2O3. The van der Waals surface area contributed by atoms with E-state index in [2.05, 4.69) is 5.10 Å². The first-order valence-corrected chi connectivity index (χ1v) is 4.40. The van der Waals surface area contributed by atoms with Gasteiger partial charge in [-0.15, -0.1) is 0 Å². The SMILES string of the molecule is CCOC(C(=O)O)c1cnn(C)c1C. The van der Waals surface area contributed by atoms with Gasteiger partial charge in [0.15, 0.2) is 6.10 Å². The molecule has 5 heteroatoms. The summed E-state index contributed by atoms with van der Waals surface area (Å²) < 4.78 is 6.76. The number of aryl methyl sites for hydroxylation is 1. The predicted molar refractivity (Wildman–Crippen MR) is 49.9 cm³/mol. The van der Waals surface area contributed by atoms with Crippen LogP contribution >= 0.6 is 0 Å². The average Bonchev–Trinajstić information content (AvgIpc) is 2.44. The van der Waals surface area contributed by atoms with E-state index in [1.54, 1.807) is 18.7 Å². The van der Waals surface area contributed by atoms with Crippen molar-refractivity contribution in [3.05, 3.63) is 17.5 Å². The fourth-order valence-electron chi connectivity index (χ4n) is 1.23. The van der Waals surface area contributed by atoms with Crippen LogP contribution in [0.3, 0.4) is 0 Å². The second-order valence-electron chi connectivity index (χ2n) is 2.98. The molecule has 1 rings (SSSR count). The van der Waals surface area contributed by atoms with Crippen LogP contribution in [-0.2, 0) is 16.6 Å². The lowest BCUT2D eigenvalue weighted by Crippen LogP contribution is -2.16. The lowest BCUT2D eigenvalue weighted by atomic mass is 10.1. The minimum atomic E-state index is -0.983. The highest BCUT2D eigenvalue weighted by Gasteiger charge is 2.23. The molecule has 0 spiro atoms. The number of nitrogens with zero attached hydrogens (tertiary/aromatic N) is 2. The van der Waals surface area contributed by atoms with Gasteiger partial charge in [-0.3, -0.25) is 4.68 Å². The number of carboxylic acid groups (broad SMARTS) is 1. The molecule has 1 aromatic rings. The normalized spacial score (nSPS) is 12.8. The number of hydrogen-bond acceptors (Lipinski definition) is 3. The van der Waals surface area contributed by atoms with Gasteiger partial charge in [0.1, 0.15) is 0 Å². The molecule has 1 atom stereocenters. The molecule has 0 aliphatic rings. The molecule has 0 aliphatic carbocycles. The van der Waals surface area contributed by atoms with Gasteiger partial charge in [-0.05, 0) is 13.8 Å². The molecule has 0 saturated carbocycles. The molecule has 0 aromatic carbocycles. The van der Waals surface area contributed by atoms with Crippen molar-refractivity contribution in [2.75, 3.05) is 6.61 Å². The Morgan fingerprint density at radius 3 is 2.79 bits per heavy atom. The number of rotatable bonds is 4. The van der Waals surface area contributed by atoms with E-state index in [1.165, 1.54) is 6.20 Å². The number of aliphatic carboxylic acids is 1. The van der Waals surface area contributed by atoms with Crippen LogP contribution in [0, 0.1) is 6.92 Å². The predicted octanol–water partition coefficient (Wildman–Crippen LogP) is 0.891. The molecule has 0 bridgehead atoms. The van der Waals surface area contributed by atoms with Crippen LogP contribution < -0.4 is 0 Å². The van der Waals surface area contributed by atoms with Crippen LogP contribution in [0.25, 0.3) is 0 Å². The standard InChI is InChI=1S/C9H14N2O3/c1-4-14-8(9(12)13)7-5-10-11(3)6(7)2/h5,8H,4H2,1-3H3,(H,12,13). The van der Waals surface area contributed by atoms with E-state index >= 15 is 0 Å². The van der Waals surface area contributed by atoms with Gasteiger partial charge in [-0.2, -0.15) is 5.10 Å². The first kappa shape index (κ1) is 10.7. The van der Waals surface area contributed by atoms with Crippen LogP contribution in [0.15, 0.2) is 6.20 Å². The number of aromatic nitrogens is 2. The zero-order valence-electron chi connectivity index (χ0n) is 8.52. The number of ether oxygens (including phenoxy) is 1. The maximum atomic E-state index is 10.9. The van der Waals surface area contributed by atoms with Crippen molar-refractivity contribution in [3.8, 4) is 0 Å². The van der Waals surface area contributed by atoms with Gasteiger partial charge in [-0.25, -0.2) is 4.79 Å². The Morgan fingerprint density at radius 1 is 1.79 bits per heavy atom. The largest absolute Gasteiger partial charge is 0.479 e. The fourth-order valence-corrected chi connectivity index (χ4v) is 1.23. The van der Waals surface area contributed by atoms with Gasteiger partial charge in [0.2, 0.25) is 0 Å². The monoisotopic (exact) mass is 198 g/mol. The third kappa shape index (κ3) is 1.93. The van der Waals surface area contributed by atoms with Crippen LogP contribution in [0.4, 0.5) is 0 Å².